The molecule has 2 rings (SSSR count). The van der Waals surface area contributed by atoms with E-state index >= 15 is 0 Å². The number of thiazole rings is 1. The van der Waals surface area contributed by atoms with E-state index in [9.17, 15) is 19.2 Å². The zero-order chi connectivity index (χ0) is 30.7. The van der Waals surface area contributed by atoms with Crippen LogP contribution in [0.2, 0.25) is 0 Å². The van der Waals surface area contributed by atoms with Gasteiger partial charge in [0.15, 0.2) is 11.9 Å². The molecule has 0 saturated carbocycles. The second kappa shape index (κ2) is 16.3. The first-order chi connectivity index (χ1) is 19.3. The molecule has 2 amide bonds. The number of ketones is 1. The zero-order valence-corrected chi connectivity index (χ0v) is 27.2. The summed E-state index contributed by atoms with van der Waals surface area (Å²) in [6.07, 6.45) is 6.04. The average Bonchev–Trinajstić information content (AvgIpc) is 3.59. The molecule has 9 nitrogen and oxygen atoms in total. The van der Waals surface area contributed by atoms with Gasteiger partial charge in [0.25, 0.3) is 0 Å². The van der Waals surface area contributed by atoms with Gasteiger partial charge in [-0.1, -0.05) is 60.3 Å². The number of ether oxygens (including phenoxy) is 1. The minimum Gasteiger partial charge on any atom is -0.455 e. The third kappa shape index (κ3) is 9.87. The third-order valence-corrected chi connectivity index (χ3v) is 9.20. The summed E-state index contributed by atoms with van der Waals surface area (Å²) in [7, 11) is 0. The molecule has 10 heteroatoms. The number of amides is 2. The molecule has 5 atom stereocenters. The van der Waals surface area contributed by atoms with Crippen LogP contribution in [0.15, 0.2) is 5.38 Å². The molecule has 1 aromatic heterocycles. The molecule has 0 radical (unpaired) electrons. The summed E-state index contributed by atoms with van der Waals surface area (Å²) >= 11 is 1.29. The van der Waals surface area contributed by atoms with E-state index in [-0.39, 0.29) is 35.5 Å². The Morgan fingerprint density at radius 3 is 2.37 bits per heavy atom. The van der Waals surface area contributed by atoms with Crippen LogP contribution < -0.4 is 10.6 Å². The van der Waals surface area contributed by atoms with Crippen LogP contribution in [0.4, 0.5) is 0 Å². The van der Waals surface area contributed by atoms with Gasteiger partial charge in [-0.25, -0.2) is 4.98 Å². The summed E-state index contributed by atoms with van der Waals surface area (Å²) in [6.45, 7) is 16.4. The Morgan fingerprint density at radius 2 is 1.85 bits per heavy atom. The van der Waals surface area contributed by atoms with Gasteiger partial charge in [0.1, 0.15) is 16.7 Å². The molecule has 0 bridgehead atoms. The maximum atomic E-state index is 14.5. The average molecular weight is 593 g/mol. The van der Waals surface area contributed by atoms with Crippen molar-refractivity contribution >= 4 is 34.9 Å². The summed E-state index contributed by atoms with van der Waals surface area (Å²) in [4.78, 5) is 58.3. The Kier molecular flexibility index (Phi) is 13.9. The molecular weight excluding hydrogens is 540 g/mol. The van der Waals surface area contributed by atoms with Crippen LogP contribution in [0.1, 0.15) is 128 Å². The monoisotopic (exact) mass is 592 g/mol. The van der Waals surface area contributed by atoms with E-state index in [0.29, 0.717) is 23.7 Å². The van der Waals surface area contributed by atoms with Gasteiger partial charge in [0.2, 0.25) is 11.8 Å². The first-order valence-electron chi connectivity index (χ1n) is 15.3. The number of hydrogen-bond donors (Lipinski definition) is 2. The molecule has 1 aromatic rings. The number of carbonyl (C=O) groups excluding carboxylic acids is 4. The number of aromatic nitrogens is 1. The van der Waals surface area contributed by atoms with Crippen molar-refractivity contribution in [2.45, 2.75) is 130 Å². The van der Waals surface area contributed by atoms with E-state index in [1.165, 1.54) is 25.2 Å². The van der Waals surface area contributed by atoms with Gasteiger partial charge in [0, 0.05) is 38.2 Å². The fraction of sp³-hybridized carbons (Fsp3) is 0.774. The topological polar surface area (TPSA) is 118 Å². The standard InChI is InChI=1S/C31H52N4O5S/c1-9-11-12-13-17-35(29(38)27(21(5)10-2)34-30(39)31(8)15-14-16-32-31)25(20(3)4)18-26(40-23(7)37)28-33-24(19-41-28)22(6)36/h19-21,25-27,32H,9-18H2,1-8H3,(H,34,39)/t21-,25+,26+,27-,31+/m0/s1. The van der Waals surface area contributed by atoms with Crippen molar-refractivity contribution in [2.24, 2.45) is 11.8 Å². The number of Topliss-reactive ketones (excluding diaryl/α,β-unsaturated/α-hetero) is 1. The summed E-state index contributed by atoms with van der Waals surface area (Å²) < 4.78 is 5.74. The highest BCUT2D eigenvalue weighted by Gasteiger charge is 2.41. The normalized spacial score (nSPS) is 19.8. The van der Waals surface area contributed by atoms with Gasteiger partial charge < -0.3 is 20.3 Å². The Labute approximate surface area is 250 Å². The van der Waals surface area contributed by atoms with E-state index in [1.807, 2.05) is 25.7 Å². The highest BCUT2D eigenvalue weighted by atomic mass is 32.1. The van der Waals surface area contributed by atoms with Crippen LogP contribution in [0.3, 0.4) is 0 Å². The van der Waals surface area contributed by atoms with Crippen LogP contribution in [0, 0.1) is 11.8 Å². The van der Waals surface area contributed by atoms with E-state index in [2.05, 4.69) is 36.4 Å². The summed E-state index contributed by atoms with van der Waals surface area (Å²) in [5.41, 5.74) is -0.348. The number of rotatable bonds is 17. The summed E-state index contributed by atoms with van der Waals surface area (Å²) in [5, 5.41) is 8.66. The smallest absolute Gasteiger partial charge is 0.303 e. The number of unbranched alkanes of at least 4 members (excludes halogenated alkanes) is 3. The van der Waals surface area contributed by atoms with E-state index < -0.39 is 23.7 Å². The number of esters is 1. The first-order valence-corrected chi connectivity index (χ1v) is 16.2. The van der Waals surface area contributed by atoms with Crippen molar-refractivity contribution in [2.75, 3.05) is 13.1 Å². The van der Waals surface area contributed by atoms with Crippen molar-refractivity contribution in [1.29, 1.82) is 0 Å². The molecule has 0 aromatic carbocycles. The van der Waals surface area contributed by atoms with Gasteiger partial charge >= 0.3 is 5.97 Å². The van der Waals surface area contributed by atoms with E-state index in [1.54, 1.807) is 5.38 Å². The lowest BCUT2D eigenvalue weighted by Crippen LogP contribution is -2.60. The SMILES string of the molecule is CCCCCCN(C(=O)[C@@H](NC(=O)[C@@]1(C)CCCN1)[C@@H](C)CC)[C@H](C[C@@H](OC(C)=O)c1nc(C(C)=O)cs1)C(C)C. The maximum absolute atomic E-state index is 14.5. The molecule has 0 unspecified atom stereocenters. The van der Waals surface area contributed by atoms with Gasteiger partial charge in [-0.15, -0.1) is 11.3 Å². The second-order valence-corrected chi connectivity index (χ2v) is 13.0. The highest BCUT2D eigenvalue weighted by Crippen LogP contribution is 2.32. The number of carbonyl (C=O) groups is 4. The molecule has 0 spiro atoms. The van der Waals surface area contributed by atoms with Crippen LogP contribution in [0.5, 0.6) is 0 Å². The maximum Gasteiger partial charge on any atom is 0.303 e. The fourth-order valence-corrected chi connectivity index (χ4v) is 6.27. The molecule has 2 N–H and O–H groups in total. The van der Waals surface area contributed by atoms with Gasteiger partial charge in [0.05, 0.1) is 5.54 Å². The molecule has 232 valence electrons. The largest absolute Gasteiger partial charge is 0.455 e. The van der Waals surface area contributed by atoms with Crippen molar-refractivity contribution in [3.8, 4) is 0 Å². The fourth-order valence-electron chi connectivity index (χ4n) is 5.37. The molecular formula is C31H52N4O5S. The number of nitrogens with one attached hydrogen (secondary N) is 2. The second-order valence-electron chi connectivity index (χ2n) is 12.1. The Balaban J connectivity index is 2.44. The number of hydrogen-bond acceptors (Lipinski definition) is 8. The minimum atomic E-state index is -0.692. The lowest BCUT2D eigenvalue weighted by Gasteiger charge is -2.40. The lowest BCUT2D eigenvalue weighted by atomic mass is 9.91. The Hall–Kier alpha value is -2.33. The van der Waals surface area contributed by atoms with E-state index in [0.717, 1.165) is 51.5 Å². The summed E-state index contributed by atoms with van der Waals surface area (Å²) in [6, 6.07) is -0.947. The molecule has 41 heavy (non-hydrogen) atoms. The predicted molar refractivity (Wildman–Crippen MR) is 163 cm³/mol. The van der Waals surface area contributed by atoms with Crippen molar-refractivity contribution < 1.29 is 23.9 Å². The summed E-state index contributed by atoms with van der Waals surface area (Å²) in [5.74, 6) is -0.867. The van der Waals surface area contributed by atoms with E-state index in [4.69, 9.17) is 4.74 Å². The first kappa shape index (κ1) is 34.9. The van der Waals surface area contributed by atoms with Crippen LogP contribution >= 0.6 is 11.3 Å². The van der Waals surface area contributed by atoms with Crippen LogP contribution in [0.25, 0.3) is 0 Å². The predicted octanol–water partition coefficient (Wildman–Crippen LogP) is 5.45. The highest BCUT2D eigenvalue weighted by molar-refractivity contribution is 7.09. The third-order valence-electron chi connectivity index (χ3n) is 8.26. The molecule has 0 aliphatic carbocycles. The van der Waals surface area contributed by atoms with Crippen LogP contribution in [-0.4, -0.2) is 64.2 Å². The molecule has 1 aliphatic rings. The van der Waals surface area contributed by atoms with Crippen molar-refractivity contribution in [3.63, 3.8) is 0 Å². The van der Waals surface area contributed by atoms with Gasteiger partial charge in [-0.05, 0) is 44.6 Å². The Morgan fingerprint density at radius 1 is 1.15 bits per heavy atom. The molecule has 1 saturated heterocycles. The zero-order valence-electron chi connectivity index (χ0n) is 26.4. The van der Waals surface area contributed by atoms with Crippen molar-refractivity contribution in [1.82, 2.24) is 20.5 Å². The van der Waals surface area contributed by atoms with Gasteiger partial charge in [-0.3, -0.25) is 19.2 Å². The van der Waals surface area contributed by atoms with Gasteiger partial charge in [-0.2, -0.15) is 0 Å². The quantitative estimate of drug-likeness (QED) is 0.140. The molecule has 2 heterocycles. The molecule has 1 aliphatic heterocycles. The van der Waals surface area contributed by atoms with Crippen LogP contribution in [-0.2, 0) is 19.1 Å². The Bertz CT molecular complexity index is 1020. The minimum absolute atomic E-state index is 0.0396. The molecule has 1 fully saturated rings. The number of nitrogens with zero attached hydrogens (tertiary/aromatic N) is 2. The van der Waals surface area contributed by atoms with Crippen molar-refractivity contribution in [3.05, 3.63) is 16.1 Å². The lowest BCUT2D eigenvalue weighted by molar-refractivity contribution is -0.149.